The molecule has 0 spiro atoms. The number of aliphatic carboxylic acids is 1. The molecule has 1 unspecified atom stereocenters. The Hall–Kier alpha value is -2.04. The van der Waals surface area contributed by atoms with Crippen molar-refractivity contribution >= 4 is 11.9 Å². The largest absolute Gasteiger partial charge is 0.484 e. The summed E-state index contributed by atoms with van der Waals surface area (Å²) in [6.07, 6.45) is 1.32. The first-order valence-corrected chi connectivity index (χ1v) is 6.68. The van der Waals surface area contributed by atoms with E-state index in [1.807, 2.05) is 38.1 Å². The normalized spacial score (nSPS) is 11.7. The number of hydrogen-bond acceptors (Lipinski definition) is 3. The van der Waals surface area contributed by atoms with Gasteiger partial charge in [-0.3, -0.25) is 9.59 Å². The number of benzene rings is 1. The number of nitrogens with one attached hydrogen (secondary N) is 1. The van der Waals surface area contributed by atoms with Gasteiger partial charge < -0.3 is 15.2 Å². The zero-order valence-corrected chi connectivity index (χ0v) is 11.9. The minimum Gasteiger partial charge on any atom is -0.484 e. The van der Waals surface area contributed by atoms with E-state index in [1.165, 1.54) is 0 Å². The second kappa shape index (κ2) is 8.19. The summed E-state index contributed by atoms with van der Waals surface area (Å²) in [4.78, 5) is 22.1. The molecule has 5 nitrogen and oxygen atoms in total. The molecule has 2 N–H and O–H groups in total. The lowest BCUT2D eigenvalue weighted by Gasteiger charge is -2.14. The quantitative estimate of drug-likeness (QED) is 0.764. The average Bonchev–Trinajstić information content (AvgIpc) is 2.37. The molecule has 0 aliphatic rings. The molecule has 0 saturated carbocycles. The van der Waals surface area contributed by atoms with Gasteiger partial charge in [-0.2, -0.15) is 0 Å². The number of carboxylic acids is 1. The van der Waals surface area contributed by atoms with Crippen LogP contribution in [0.3, 0.4) is 0 Å². The van der Waals surface area contributed by atoms with Crippen LogP contribution in [0.25, 0.3) is 0 Å². The number of aryl methyl sites for hydroxylation is 1. The summed E-state index contributed by atoms with van der Waals surface area (Å²) in [6, 6.07) is 7.45. The number of carboxylic acid groups (broad SMARTS) is 1. The van der Waals surface area contributed by atoms with E-state index in [0.717, 1.165) is 5.56 Å². The van der Waals surface area contributed by atoms with Gasteiger partial charge >= 0.3 is 5.97 Å². The number of carbonyl (C=O) groups is 2. The molecule has 0 radical (unpaired) electrons. The molecular formula is C15H21NO4. The van der Waals surface area contributed by atoms with Crippen molar-refractivity contribution in [3.63, 3.8) is 0 Å². The van der Waals surface area contributed by atoms with Crippen molar-refractivity contribution in [1.29, 1.82) is 0 Å². The summed E-state index contributed by atoms with van der Waals surface area (Å²) in [7, 11) is 0. The Morgan fingerprint density at radius 3 is 2.70 bits per heavy atom. The molecule has 0 aromatic heterocycles. The summed E-state index contributed by atoms with van der Waals surface area (Å²) >= 11 is 0. The Labute approximate surface area is 118 Å². The minimum absolute atomic E-state index is 0.0336. The lowest BCUT2D eigenvalue weighted by atomic mass is 10.1. The molecule has 110 valence electrons. The summed E-state index contributed by atoms with van der Waals surface area (Å²) in [5.41, 5.74) is 0.981. The van der Waals surface area contributed by atoms with Gasteiger partial charge in [0.05, 0.1) is 0 Å². The highest BCUT2D eigenvalue weighted by atomic mass is 16.5. The molecule has 1 aromatic rings. The second-order valence-corrected chi connectivity index (χ2v) is 4.81. The van der Waals surface area contributed by atoms with Crippen molar-refractivity contribution in [2.45, 2.75) is 39.2 Å². The molecule has 1 aromatic carbocycles. The Morgan fingerprint density at radius 1 is 1.35 bits per heavy atom. The van der Waals surface area contributed by atoms with E-state index in [-0.39, 0.29) is 25.0 Å². The maximum Gasteiger partial charge on any atom is 0.303 e. The van der Waals surface area contributed by atoms with Crippen molar-refractivity contribution < 1.29 is 19.4 Å². The number of rotatable bonds is 8. The van der Waals surface area contributed by atoms with Crippen molar-refractivity contribution in [3.05, 3.63) is 29.8 Å². The van der Waals surface area contributed by atoms with E-state index in [9.17, 15) is 9.59 Å². The molecule has 0 bridgehead atoms. The molecule has 0 fully saturated rings. The third-order valence-electron chi connectivity index (χ3n) is 2.89. The number of carbonyl (C=O) groups excluding carboxylic acids is 1. The summed E-state index contributed by atoms with van der Waals surface area (Å²) < 4.78 is 5.44. The first-order valence-electron chi connectivity index (χ1n) is 6.68. The molecule has 0 aliphatic carbocycles. The second-order valence-electron chi connectivity index (χ2n) is 4.81. The monoisotopic (exact) mass is 279 g/mol. The summed E-state index contributed by atoms with van der Waals surface area (Å²) in [6.45, 7) is 3.74. The van der Waals surface area contributed by atoms with Crippen LogP contribution in [0.1, 0.15) is 31.7 Å². The van der Waals surface area contributed by atoms with Gasteiger partial charge in [0.1, 0.15) is 5.75 Å². The van der Waals surface area contributed by atoms with Gasteiger partial charge in [-0.15, -0.1) is 0 Å². The third kappa shape index (κ3) is 6.22. The Balaban J connectivity index is 2.26. The fraction of sp³-hybridized carbons (Fsp3) is 0.467. The molecule has 0 aliphatic heterocycles. The smallest absolute Gasteiger partial charge is 0.303 e. The molecule has 5 heteroatoms. The lowest BCUT2D eigenvalue weighted by Crippen LogP contribution is -2.36. The summed E-state index contributed by atoms with van der Waals surface area (Å²) in [5.74, 6) is -0.316. The first kappa shape index (κ1) is 16.0. The van der Waals surface area contributed by atoms with Crippen LogP contribution in [0.4, 0.5) is 0 Å². The molecular weight excluding hydrogens is 258 g/mol. The van der Waals surface area contributed by atoms with Gasteiger partial charge in [-0.05, 0) is 38.3 Å². The van der Waals surface area contributed by atoms with Gasteiger partial charge in [-0.1, -0.05) is 18.2 Å². The predicted molar refractivity (Wildman–Crippen MR) is 75.8 cm³/mol. The van der Waals surface area contributed by atoms with Gasteiger partial charge in [0.25, 0.3) is 5.91 Å². The van der Waals surface area contributed by atoms with Crippen molar-refractivity contribution in [2.75, 3.05) is 6.61 Å². The topological polar surface area (TPSA) is 75.6 Å². The van der Waals surface area contributed by atoms with Crippen LogP contribution in [-0.4, -0.2) is 29.6 Å². The average molecular weight is 279 g/mol. The van der Waals surface area contributed by atoms with E-state index in [4.69, 9.17) is 9.84 Å². The SMILES string of the molecule is Cc1ccccc1OCC(=O)NC(C)CCCC(=O)O. The van der Waals surface area contributed by atoms with Crippen molar-refractivity contribution in [3.8, 4) is 5.75 Å². The fourth-order valence-electron chi connectivity index (χ4n) is 1.81. The summed E-state index contributed by atoms with van der Waals surface area (Å²) in [5, 5.41) is 11.3. The van der Waals surface area contributed by atoms with Crippen LogP contribution in [-0.2, 0) is 9.59 Å². The van der Waals surface area contributed by atoms with Gasteiger partial charge in [-0.25, -0.2) is 0 Å². The number of amides is 1. The van der Waals surface area contributed by atoms with E-state index in [2.05, 4.69) is 5.32 Å². The van der Waals surface area contributed by atoms with Gasteiger partial charge in [0, 0.05) is 12.5 Å². The number of ether oxygens (including phenoxy) is 1. The van der Waals surface area contributed by atoms with Gasteiger partial charge in [0.15, 0.2) is 6.61 Å². The van der Waals surface area contributed by atoms with Crippen LogP contribution in [0.2, 0.25) is 0 Å². The van der Waals surface area contributed by atoms with E-state index < -0.39 is 5.97 Å². The lowest BCUT2D eigenvalue weighted by molar-refractivity contribution is -0.137. The van der Waals surface area contributed by atoms with Crippen molar-refractivity contribution in [1.82, 2.24) is 5.32 Å². The number of hydrogen-bond donors (Lipinski definition) is 2. The highest BCUT2D eigenvalue weighted by Gasteiger charge is 2.09. The Kier molecular flexibility index (Phi) is 6.56. The van der Waals surface area contributed by atoms with Crippen LogP contribution < -0.4 is 10.1 Å². The van der Waals surface area contributed by atoms with E-state index in [0.29, 0.717) is 18.6 Å². The first-order chi connectivity index (χ1) is 9.49. The maximum absolute atomic E-state index is 11.7. The molecule has 20 heavy (non-hydrogen) atoms. The molecule has 1 rings (SSSR count). The third-order valence-corrected chi connectivity index (χ3v) is 2.89. The molecule has 1 amide bonds. The van der Waals surface area contributed by atoms with Crippen LogP contribution in [0.15, 0.2) is 24.3 Å². The fourth-order valence-corrected chi connectivity index (χ4v) is 1.81. The zero-order chi connectivity index (χ0) is 15.0. The van der Waals surface area contributed by atoms with E-state index in [1.54, 1.807) is 0 Å². The standard InChI is InChI=1S/C15H21NO4/c1-11-6-3-4-8-13(11)20-10-14(17)16-12(2)7-5-9-15(18)19/h3-4,6,8,12H,5,7,9-10H2,1-2H3,(H,16,17)(H,18,19). The predicted octanol–water partition coefficient (Wildman–Crippen LogP) is 2.13. The molecule has 0 saturated heterocycles. The van der Waals surface area contributed by atoms with Crippen molar-refractivity contribution in [2.24, 2.45) is 0 Å². The van der Waals surface area contributed by atoms with E-state index >= 15 is 0 Å². The molecule has 1 atom stereocenters. The zero-order valence-electron chi connectivity index (χ0n) is 11.9. The molecule has 0 heterocycles. The maximum atomic E-state index is 11.7. The Bertz CT molecular complexity index is 459. The van der Waals surface area contributed by atoms with Crippen LogP contribution >= 0.6 is 0 Å². The highest BCUT2D eigenvalue weighted by Crippen LogP contribution is 2.15. The highest BCUT2D eigenvalue weighted by molar-refractivity contribution is 5.77. The van der Waals surface area contributed by atoms with Crippen LogP contribution in [0, 0.1) is 6.92 Å². The van der Waals surface area contributed by atoms with Crippen LogP contribution in [0.5, 0.6) is 5.75 Å². The Morgan fingerprint density at radius 2 is 2.05 bits per heavy atom. The number of para-hydroxylation sites is 1. The van der Waals surface area contributed by atoms with Gasteiger partial charge in [0.2, 0.25) is 0 Å². The minimum atomic E-state index is -0.814.